The number of halogens is 2. The number of nitrogens with zero attached hydrogens (tertiary/aromatic N) is 2. The molecule has 0 bridgehead atoms. The van der Waals surface area contributed by atoms with Crippen molar-refractivity contribution in [2.24, 2.45) is 0 Å². The summed E-state index contributed by atoms with van der Waals surface area (Å²) in [5.41, 5.74) is 0.149. The monoisotopic (exact) mass is 244 g/mol. The maximum Gasteiger partial charge on any atom is 0.147 e. The van der Waals surface area contributed by atoms with Crippen LogP contribution in [0.15, 0.2) is 24.7 Å². The predicted molar refractivity (Wildman–Crippen MR) is 55.4 cm³/mol. The molecule has 0 radical (unpaired) electrons. The Morgan fingerprint density at radius 1 is 1.47 bits per heavy atom. The zero-order valence-corrected chi connectivity index (χ0v) is 8.96. The largest absolute Gasteiger partial charge is 0.381 e. The van der Waals surface area contributed by atoms with Crippen molar-refractivity contribution in [3.05, 3.63) is 45.4 Å². The molecule has 0 aliphatic rings. The van der Waals surface area contributed by atoms with Crippen molar-refractivity contribution in [2.75, 3.05) is 0 Å². The summed E-state index contributed by atoms with van der Waals surface area (Å²) in [6.07, 6.45) is 2.79. The molecule has 1 unspecified atom stereocenters. The lowest BCUT2D eigenvalue weighted by molar-refractivity contribution is 0.214. The highest BCUT2D eigenvalue weighted by molar-refractivity contribution is 7.15. The third-order valence-corrected chi connectivity index (χ3v) is 2.99. The summed E-state index contributed by atoms with van der Waals surface area (Å²) >= 11 is 6.79. The first-order chi connectivity index (χ1) is 7.18. The Bertz CT molecular complexity index is 477. The van der Waals surface area contributed by atoms with E-state index in [9.17, 15) is 9.50 Å². The van der Waals surface area contributed by atoms with Gasteiger partial charge in [0.2, 0.25) is 0 Å². The number of thiazole rings is 1. The third kappa shape index (κ3) is 2.14. The lowest BCUT2D eigenvalue weighted by Gasteiger charge is -2.07. The van der Waals surface area contributed by atoms with E-state index in [1.807, 2.05) is 0 Å². The fourth-order valence-corrected chi connectivity index (χ4v) is 2.07. The summed E-state index contributed by atoms with van der Waals surface area (Å²) in [5, 5.41) is 10.2. The van der Waals surface area contributed by atoms with Gasteiger partial charge in [-0.15, -0.1) is 11.3 Å². The number of hydrogen-bond donors (Lipinski definition) is 1. The molecule has 0 aliphatic heterocycles. The van der Waals surface area contributed by atoms with Gasteiger partial charge in [-0.1, -0.05) is 11.6 Å². The zero-order chi connectivity index (χ0) is 10.8. The number of aliphatic hydroxyl groups excluding tert-OH is 1. The van der Waals surface area contributed by atoms with Crippen LogP contribution < -0.4 is 0 Å². The first-order valence-electron chi connectivity index (χ1n) is 4.07. The zero-order valence-electron chi connectivity index (χ0n) is 7.39. The molecule has 0 aromatic carbocycles. The molecule has 0 saturated heterocycles. The van der Waals surface area contributed by atoms with Gasteiger partial charge in [-0.2, -0.15) is 0 Å². The van der Waals surface area contributed by atoms with Crippen molar-refractivity contribution >= 4 is 22.9 Å². The van der Waals surface area contributed by atoms with Crippen molar-refractivity contribution in [3.63, 3.8) is 0 Å². The first kappa shape index (κ1) is 10.5. The Balaban J connectivity index is 2.36. The summed E-state index contributed by atoms with van der Waals surface area (Å²) < 4.78 is 13.7. The molecule has 3 nitrogen and oxygen atoms in total. The smallest absolute Gasteiger partial charge is 0.147 e. The van der Waals surface area contributed by atoms with Gasteiger partial charge in [-0.25, -0.2) is 9.37 Å². The summed E-state index contributed by atoms with van der Waals surface area (Å²) in [7, 11) is 0. The number of rotatable bonds is 2. The Labute approximate surface area is 94.2 Å². The molecule has 0 saturated carbocycles. The van der Waals surface area contributed by atoms with Crippen LogP contribution in [-0.2, 0) is 0 Å². The van der Waals surface area contributed by atoms with Crippen molar-refractivity contribution in [1.29, 1.82) is 0 Å². The maximum absolute atomic E-state index is 13.3. The molecule has 0 spiro atoms. The summed E-state index contributed by atoms with van der Waals surface area (Å²) in [6, 6.07) is 1.41. The first-order valence-corrected chi connectivity index (χ1v) is 5.26. The van der Waals surface area contributed by atoms with Crippen molar-refractivity contribution in [2.45, 2.75) is 6.10 Å². The van der Waals surface area contributed by atoms with Gasteiger partial charge in [0.15, 0.2) is 0 Å². The van der Waals surface area contributed by atoms with Crippen LogP contribution in [0.3, 0.4) is 0 Å². The molecular formula is C9H6ClFN2OS. The van der Waals surface area contributed by atoms with E-state index in [4.69, 9.17) is 11.6 Å². The van der Waals surface area contributed by atoms with E-state index in [2.05, 4.69) is 9.97 Å². The number of pyridine rings is 1. The molecule has 2 rings (SSSR count). The number of hydrogen-bond acceptors (Lipinski definition) is 4. The molecule has 0 amide bonds. The quantitative estimate of drug-likeness (QED) is 0.883. The topological polar surface area (TPSA) is 46.0 Å². The van der Waals surface area contributed by atoms with Crippen molar-refractivity contribution in [1.82, 2.24) is 9.97 Å². The van der Waals surface area contributed by atoms with E-state index < -0.39 is 11.9 Å². The molecule has 6 heteroatoms. The molecule has 2 aromatic heterocycles. The third-order valence-electron chi connectivity index (χ3n) is 1.83. The average Bonchev–Trinajstić information content (AvgIpc) is 2.65. The molecule has 0 aliphatic carbocycles. The molecule has 2 aromatic rings. The van der Waals surface area contributed by atoms with Crippen LogP contribution >= 0.6 is 22.9 Å². The minimum atomic E-state index is -1.09. The standard InChI is InChI=1S/C9H6ClFN2OS/c10-7-4-13-9(15-7)8(14)5-1-2-12-3-6(5)11/h1-4,8,14H. The minimum Gasteiger partial charge on any atom is -0.381 e. The number of aromatic nitrogens is 2. The lowest BCUT2D eigenvalue weighted by atomic mass is 10.1. The van der Waals surface area contributed by atoms with E-state index in [0.717, 1.165) is 17.5 Å². The fraction of sp³-hybridized carbons (Fsp3) is 0.111. The molecule has 15 heavy (non-hydrogen) atoms. The minimum absolute atomic E-state index is 0.149. The van der Waals surface area contributed by atoms with Crippen molar-refractivity contribution < 1.29 is 9.50 Å². The van der Waals surface area contributed by atoms with E-state index in [1.54, 1.807) is 0 Å². The second-order valence-corrected chi connectivity index (χ2v) is 4.50. The van der Waals surface area contributed by atoms with Gasteiger partial charge >= 0.3 is 0 Å². The average molecular weight is 245 g/mol. The van der Waals surface area contributed by atoms with Gasteiger partial charge in [0, 0.05) is 11.8 Å². The van der Waals surface area contributed by atoms with Crippen molar-refractivity contribution in [3.8, 4) is 0 Å². The van der Waals surface area contributed by atoms with E-state index >= 15 is 0 Å². The second-order valence-electron chi connectivity index (χ2n) is 2.80. The van der Waals surface area contributed by atoms with E-state index in [0.29, 0.717) is 9.34 Å². The molecular weight excluding hydrogens is 239 g/mol. The van der Waals surface area contributed by atoms with Crippen LogP contribution in [0.2, 0.25) is 4.34 Å². The van der Waals surface area contributed by atoms with Crippen LogP contribution in [0.5, 0.6) is 0 Å². The molecule has 1 atom stereocenters. The molecule has 78 valence electrons. The predicted octanol–water partition coefficient (Wildman–Crippen LogP) is 2.41. The Hall–Kier alpha value is -1.04. The van der Waals surface area contributed by atoms with Gasteiger partial charge in [0.05, 0.1) is 12.4 Å². The van der Waals surface area contributed by atoms with Gasteiger partial charge in [-0.3, -0.25) is 4.98 Å². The van der Waals surface area contributed by atoms with Crippen LogP contribution in [0, 0.1) is 5.82 Å². The summed E-state index contributed by atoms with van der Waals surface area (Å²) in [5.74, 6) is -0.559. The van der Waals surface area contributed by atoms with Crippen LogP contribution in [-0.4, -0.2) is 15.1 Å². The van der Waals surface area contributed by atoms with E-state index in [1.165, 1.54) is 18.5 Å². The lowest BCUT2D eigenvalue weighted by Crippen LogP contribution is -2.02. The Morgan fingerprint density at radius 3 is 2.87 bits per heavy atom. The summed E-state index contributed by atoms with van der Waals surface area (Å²) in [6.45, 7) is 0. The fourth-order valence-electron chi connectivity index (χ4n) is 1.13. The second kappa shape index (κ2) is 4.22. The normalized spacial score (nSPS) is 12.7. The van der Waals surface area contributed by atoms with Crippen LogP contribution in [0.1, 0.15) is 16.7 Å². The SMILES string of the molecule is OC(c1ncc(Cl)s1)c1ccncc1F. The Morgan fingerprint density at radius 2 is 2.27 bits per heavy atom. The highest BCUT2D eigenvalue weighted by Gasteiger charge is 2.17. The Kier molecular flexibility index (Phi) is 2.95. The van der Waals surface area contributed by atoms with Gasteiger partial charge < -0.3 is 5.11 Å². The van der Waals surface area contributed by atoms with Crippen LogP contribution in [0.25, 0.3) is 0 Å². The van der Waals surface area contributed by atoms with Crippen LogP contribution in [0.4, 0.5) is 4.39 Å². The molecule has 2 heterocycles. The highest BCUT2D eigenvalue weighted by Crippen LogP contribution is 2.29. The molecule has 0 fully saturated rings. The number of aliphatic hydroxyl groups is 1. The summed E-state index contributed by atoms with van der Waals surface area (Å²) in [4.78, 5) is 7.48. The van der Waals surface area contributed by atoms with Gasteiger partial charge in [-0.05, 0) is 6.07 Å². The van der Waals surface area contributed by atoms with Gasteiger partial charge in [0.1, 0.15) is 21.3 Å². The van der Waals surface area contributed by atoms with Gasteiger partial charge in [0.25, 0.3) is 0 Å². The van der Waals surface area contributed by atoms with E-state index in [-0.39, 0.29) is 5.56 Å². The highest BCUT2D eigenvalue weighted by atomic mass is 35.5. The molecule has 1 N–H and O–H groups in total. The maximum atomic E-state index is 13.3.